The van der Waals surface area contributed by atoms with Gasteiger partial charge in [-0.1, -0.05) is 0 Å². The summed E-state index contributed by atoms with van der Waals surface area (Å²) >= 11 is 1.17. The zero-order valence-electron chi connectivity index (χ0n) is 12.3. The molecule has 3 N–H and O–H groups in total. The standard InChI is InChI=1S/C16H11F3N2O2S/c1-24-15-8-4-5-21-13(8)11(18)12(19)14(15)23-7-2-3-10(17)9(6-7)16(20)22/h2-6,21H,1H3,(H2,20,22). The van der Waals surface area contributed by atoms with Crippen molar-refractivity contribution in [2.24, 2.45) is 5.73 Å². The van der Waals surface area contributed by atoms with Crippen molar-refractivity contribution in [1.29, 1.82) is 0 Å². The molecule has 0 fully saturated rings. The maximum Gasteiger partial charge on any atom is 0.251 e. The Balaban J connectivity index is 2.15. The Bertz CT molecular complexity index is 956. The highest BCUT2D eigenvalue weighted by molar-refractivity contribution is 7.99. The fourth-order valence-electron chi connectivity index (χ4n) is 2.34. The van der Waals surface area contributed by atoms with E-state index in [1.165, 1.54) is 24.0 Å². The van der Waals surface area contributed by atoms with Gasteiger partial charge < -0.3 is 15.5 Å². The summed E-state index contributed by atoms with van der Waals surface area (Å²) < 4.78 is 47.5. The zero-order valence-corrected chi connectivity index (χ0v) is 13.1. The minimum atomic E-state index is -1.18. The molecule has 8 heteroatoms. The van der Waals surface area contributed by atoms with Gasteiger partial charge in [-0.25, -0.2) is 8.78 Å². The van der Waals surface area contributed by atoms with E-state index in [2.05, 4.69) is 4.98 Å². The Hall–Kier alpha value is -2.61. The van der Waals surface area contributed by atoms with Crippen molar-refractivity contribution in [3.63, 3.8) is 0 Å². The van der Waals surface area contributed by atoms with Gasteiger partial charge >= 0.3 is 0 Å². The van der Waals surface area contributed by atoms with Crippen molar-refractivity contribution in [3.05, 3.63) is 53.5 Å². The fourth-order valence-corrected chi connectivity index (χ4v) is 3.05. The number of halogens is 3. The number of carbonyl (C=O) groups is 1. The smallest absolute Gasteiger partial charge is 0.251 e. The highest BCUT2D eigenvalue weighted by atomic mass is 32.2. The second-order valence-corrected chi connectivity index (χ2v) is 5.68. The van der Waals surface area contributed by atoms with Gasteiger partial charge in [0.1, 0.15) is 11.6 Å². The van der Waals surface area contributed by atoms with Gasteiger partial charge in [0.2, 0.25) is 5.82 Å². The number of carbonyl (C=O) groups excluding carboxylic acids is 1. The molecule has 1 amide bonds. The molecule has 1 heterocycles. The molecule has 4 nitrogen and oxygen atoms in total. The normalized spacial score (nSPS) is 11.0. The number of fused-ring (bicyclic) bond motifs is 1. The first kappa shape index (κ1) is 16.3. The fraction of sp³-hybridized carbons (Fsp3) is 0.0625. The molecule has 0 radical (unpaired) electrons. The molecule has 0 aliphatic carbocycles. The predicted octanol–water partition coefficient (Wildman–Crippen LogP) is 4.20. The van der Waals surface area contributed by atoms with Crippen LogP contribution in [0.25, 0.3) is 10.9 Å². The van der Waals surface area contributed by atoms with Crippen molar-refractivity contribution in [1.82, 2.24) is 4.98 Å². The highest BCUT2D eigenvalue weighted by Crippen LogP contribution is 2.41. The first-order valence-electron chi connectivity index (χ1n) is 6.73. The van der Waals surface area contributed by atoms with E-state index in [0.717, 1.165) is 12.1 Å². The summed E-state index contributed by atoms with van der Waals surface area (Å²) in [6, 6.07) is 4.80. The van der Waals surface area contributed by atoms with Crippen LogP contribution in [0.15, 0.2) is 35.4 Å². The van der Waals surface area contributed by atoms with Gasteiger partial charge in [0.15, 0.2) is 11.6 Å². The summed E-state index contributed by atoms with van der Waals surface area (Å²) in [6.45, 7) is 0. The Labute approximate surface area is 138 Å². The SMILES string of the molecule is CSc1c(Oc2ccc(F)c(C(N)=O)c2)c(F)c(F)c2[nH]ccc12. The number of primary amides is 1. The largest absolute Gasteiger partial charge is 0.453 e. The molecule has 2 aromatic carbocycles. The molecule has 3 rings (SSSR count). The Kier molecular flexibility index (Phi) is 4.15. The lowest BCUT2D eigenvalue weighted by Crippen LogP contribution is -2.13. The van der Waals surface area contributed by atoms with Gasteiger partial charge in [-0.05, 0) is 30.5 Å². The molecule has 0 spiro atoms. The number of nitrogens with two attached hydrogens (primary N) is 1. The third-order valence-corrected chi connectivity index (χ3v) is 4.25. The van der Waals surface area contributed by atoms with E-state index in [1.807, 2.05) is 0 Å². The maximum atomic E-state index is 14.4. The minimum Gasteiger partial charge on any atom is -0.453 e. The Morgan fingerprint density at radius 1 is 1.21 bits per heavy atom. The van der Waals surface area contributed by atoms with Crippen LogP contribution in [-0.2, 0) is 0 Å². The summed E-state index contributed by atoms with van der Waals surface area (Å²) in [4.78, 5) is 14.2. The van der Waals surface area contributed by atoms with E-state index in [4.69, 9.17) is 10.5 Å². The van der Waals surface area contributed by atoms with Gasteiger partial charge in [-0.2, -0.15) is 4.39 Å². The number of aromatic nitrogens is 1. The topological polar surface area (TPSA) is 68.1 Å². The summed E-state index contributed by atoms with van der Waals surface area (Å²) in [7, 11) is 0. The molecule has 0 atom stereocenters. The number of nitrogens with one attached hydrogen (secondary N) is 1. The van der Waals surface area contributed by atoms with E-state index in [9.17, 15) is 18.0 Å². The number of rotatable bonds is 4. The molecule has 3 aromatic rings. The molecule has 24 heavy (non-hydrogen) atoms. The van der Waals surface area contributed by atoms with Gasteiger partial charge in [-0.15, -0.1) is 11.8 Å². The van der Waals surface area contributed by atoms with Crippen LogP contribution in [0.1, 0.15) is 10.4 Å². The first-order valence-corrected chi connectivity index (χ1v) is 7.95. The van der Waals surface area contributed by atoms with Gasteiger partial charge in [0.25, 0.3) is 5.91 Å². The molecule has 124 valence electrons. The molecule has 0 unspecified atom stereocenters. The second kappa shape index (κ2) is 6.12. The number of aromatic amines is 1. The third-order valence-electron chi connectivity index (χ3n) is 3.44. The summed E-state index contributed by atoms with van der Waals surface area (Å²) in [6.07, 6.45) is 3.17. The van der Waals surface area contributed by atoms with E-state index in [1.54, 1.807) is 12.3 Å². The average molecular weight is 352 g/mol. The van der Waals surface area contributed by atoms with Crippen LogP contribution in [0.3, 0.4) is 0 Å². The van der Waals surface area contributed by atoms with E-state index >= 15 is 0 Å². The van der Waals surface area contributed by atoms with Crippen LogP contribution in [0, 0.1) is 17.5 Å². The van der Waals surface area contributed by atoms with Crippen LogP contribution in [-0.4, -0.2) is 17.1 Å². The second-order valence-electron chi connectivity index (χ2n) is 4.86. The minimum absolute atomic E-state index is 0.0288. The lowest BCUT2D eigenvalue weighted by molar-refractivity contribution is 0.0996. The van der Waals surface area contributed by atoms with E-state index in [0.29, 0.717) is 10.3 Å². The Morgan fingerprint density at radius 2 is 1.96 bits per heavy atom. The Morgan fingerprint density at radius 3 is 2.62 bits per heavy atom. The van der Waals surface area contributed by atoms with Crippen molar-refractivity contribution >= 4 is 28.6 Å². The molecule has 0 aliphatic heterocycles. The molecular formula is C16H11F3N2O2S. The lowest BCUT2D eigenvalue weighted by atomic mass is 10.2. The van der Waals surface area contributed by atoms with Crippen LogP contribution in [0.5, 0.6) is 11.5 Å². The predicted molar refractivity (Wildman–Crippen MR) is 85.0 cm³/mol. The van der Waals surface area contributed by atoms with E-state index < -0.39 is 28.9 Å². The average Bonchev–Trinajstić information content (AvgIpc) is 3.03. The van der Waals surface area contributed by atoms with Gasteiger partial charge in [-0.3, -0.25) is 4.79 Å². The van der Waals surface area contributed by atoms with Crippen LogP contribution >= 0.6 is 11.8 Å². The van der Waals surface area contributed by atoms with Crippen LogP contribution in [0.2, 0.25) is 0 Å². The maximum absolute atomic E-state index is 14.4. The quantitative estimate of drug-likeness (QED) is 0.692. The summed E-state index contributed by atoms with van der Waals surface area (Å²) in [5.74, 6) is -4.45. The van der Waals surface area contributed by atoms with Crippen molar-refractivity contribution in [2.45, 2.75) is 4.90 Å². The monoisotopic (exact) mass is 352 g/mol. The van der Waals surface area contributed by atoms with E-state index in [-0.39, 0.29) is 17.0 Å². The molecule has 0 saturated carbocycles. The van der Waals surface area contributed by atoms with Crippen molar-refractivity contribution < 1.29 is 22.7 Å². The zero-order chi connectivity index (χ0) is 17.4. The summed E-state index contributed by atoms with van der Waals surface area (Å²) in [5.41, 5.74) is 4.70. The van der Waals surface area contributed by atoms with Gasteiger partial charge in [0, 0.05) is 11.6 Å². The lowest BCUT2D eigenvalue weighted by Gasteiger charge is -2.13. The first-order chi connectivity index (χ1) is 11.4. The van der Waals surface area contributed by atoms with Crippen LogP contribution in [0.4, 0.5) is 13.2 Å². The number of benzene rings is 2. The molecular weight excluding hydrogens is 341 g/mol. The van der Waals surface area contributed by atoms with Gasteiger partial charge in [0.05, 0.1) is 16.0 Å². The number of ether oxygens (including phenoxy) is 1. The van der Waals surface area contributed by atoms with Crippen molar-refractivity contribution in [3.8, 4) is 11.5 Å². The highest BCUT2D eigenvalue weighted by Gasteiger charge is 2.22. The number of thioether (sulfide) groups is 1. The summed E-state index contributed by atoms with van der Waals surface area (Å²) in [5, 5.41) is 0.452. The molecule has 0 aliphatic rings. The number of hydrogen-bond donors (Lipinski definition) is 2. The number of amides is 1. The molecule has 0 bridgehead atoms. The van der Waals surface area contributed by atoms with Crippen LogP contribution < -0.4 is 10.5 Å². The van der Waals surface area contributed by atoms with Crippen molar-refractivity contribution in [2.75, 3.05) is 6.26 Å². The molecule has 1 aromatic heterocycles. The molecule has 0 saturated heterocycles. The third kappa shape index (κ3) is 2.58. The number of H-pyrrole nitrogens is 1. The number of hydrogen-bond acceptors (Lipinski definition) is 3.